The summed E-state index contributed by atoms with van der Waals surface area (Å²) < 4.78 is 2.13. The molecule has 1 aliphatic rings. The number of imidazole rings is 1. The first-order valence-electron chi connectivity index (χ1n) is 9.46. The molecule has 0 aliphatic carbocycles. The molecule has 0 unspecified atom stereocenters. The summed E-state index contributed by atoms with van der Waals surface area (Å²) in [5, 5.41) is 0. The predicted octanol–water partition coefficient (Wildman–Crippen LogP) is 4.29. The van der Waals surface area contributed by atoms with Crippen LogP contribution in [0.15, 0.2) is 54.6 Å². The number of Topliss-reactive ketones (excluding diaryl/α,β-unsaturated/α-hetero) is 1. The van der Waals surface area contributed by atoms with E-state index >= 15 is 0 Å². The van der Waals surface area contributed by atoms with Crippen LogP contribution in [0.5, 0.6) is 0 Å². The molecule has 0 saturated carbocycles. The van der Waals surface area contributed by atoms with Crippen LogP contribution in [-0.2, 0) is 13.1 Å². The van der Waals surface area contributed by atoms with Crippen LogP contribution in [0.4, 0.5) is 0 Å². The van der Waals surface area contributed by atoms with Crippen molar-refractivity contribution in [1.29, 1.82) is 0 Å². The second-order valence-corrected chi connectivity index (χ2v) is 7.20. The summed E-state index contributed by atoms with van der Waals surface area (Å²) in [6, 6.07) is 19.1. The fourth-order valence-corrected chi connectivity index (χ4v) is 4.03. The fraction of sp³-hybridized carbons (Fsp3) is 0.364. The number of ketones is 1. The second kappa shape index (κ2) is 7.42. The Morgan fingerprint density at radius 3 is 2.65 bits per heavy atom. The molecule has 26 heavy (non-hydrogen) atoms. The van der Waals surface area contributed by atoms with Gasteiger partial charge in [-0.3, -0.25) is 9.69 Å². The summed E-state index contributed by atoms with van der Waals surface area (Å²) in [5.41, 5.74) is 3.31. The lowest BCUT2D eigenvalue weighted by molar-refractivity contribution is 0.0987. The van der Waals surface area contributed by atoms with Gasteiger partial charge < -0.3 is 4.57 Å². The van der Waals surface area contributed by atoms with Crippen molar-refractivity contribution in [3.63, 3.8) is 0 Å². The van der Waals surface area contributed by atoms with Gasteiger partial charge in [-0.2, -0.15) is 0 Å². The van der Waals surface area contributed by atoms with Gasteiger partial charge in [0.05, 0.1) is 11.0 Å². The van der Waals surface area contributed by atoms with E-state index in [2.05, 4.69) is 50.8 Å². The van der Waals surface area contributed by atoms with E-state index in [-0.39, 0.29) is 5.78 Å². The summed E-state index contributed by atoms with van der Waals surface area (Å²) in [7, 11) is 0. The third-order valence-electron chi connectivity index (χ3n) is 5.34. The van der Waals surface area contributed by atoms with E-state index in [0.29, 0.717) is 11.9 Å². The van der Waals surface area contributed by atoms with Crippen LogP contribution in [0.2, 0.25) is 0 Å². The van der Waals surface area contributed by atoms with Crippen molar-refractivity contribution in [2.24, 2.45) is 0 Å². The van der Waals surface area contributed by atoms with Gasteiger partial charge in [-0.25, -0.2) is 4.98 Å². The van der Waals surface area contributed by atoms with Gasteiger partial charge in [-0.05, 0) is 37.1 Å². The maximum absolute atomic E-state index is 12.2. The van der Waals surface area contributed by atoms with E-state index in [4.69, 9.17) is 0 Å². The molecule has 4 rings (SSSR count). The Hall–Kier alpha value is -2.46. The van der Waals surface area contributed by atoms with Crippen LogP contribution in [0.1, 0.15) is 42.4 Å². The first-order chi connectivity index (χ1) is 12.7. The Kier molecular flexibility index (Phi) is 4.85. The first kappa shape index (κ1) is 17.0. The molecule has 0 radical (unpaired) electrons. The molecule has 1 fully saturated rings. The van der Waals surface area contributed by atoms with Crippen LogP contribution in [0.3, 0.4) is 0 Å². The number of likely N-dealkylation sites (tertiary alicyclic amines) is 1. The normalized spacial score (nSPS) is 18.3. The van der Waals surface area contributed by atoms with E-state index < -0.39 is 0 Å². The first-order valence-corrected chi connectivity index (χ1v) is 9.46. The average molecular weight is 347 g/mol. The highest BCUT2D eigenvalue weighted by Gasteiger charge is 2.25. The maximum atomic E-state index is 12.2. The van der Waals surface area contributed by atoms with Gasteiger partial charge in [-0.1, -0.05) is 48.9 Å². The van der Waals surface area contributed by atoms with E-state index in [1.807, 2.05) is 18.2 Å². The average Bonchev–Trinajstić information content (AvgIpc) is 3.03. The number of benzene rings is 2. The highest BCUT2D eigenvalue weighted by molar-refractivity contribution is 5.94. The molecule has 1 aliphatic heterocycles. The van der Waals surface area contributed by atoms with Gasteiger partial charge in [0.15, 0.2) is 11.6 Å². The van der Waals surface area contributed by atoms with Crippen molar-refractivity contribution in [3.8, 4) is 0 Å². The number of nitrogens with zero attached hydrogens (tertiary/aromatic N) is 3. The lowest BCUT2D eigenvalue weighted by atomic mass is 10.0. The third kappa shape index (κ3) is 3.42. The number of fused-ring (bicyclic) bond motifs is 1. The Morgan fingerprint density at radius 1 is 1.08 bits per heavy atom. The zero-order valence-corrected chi connectivity index (χ0v) is 15.3. The Bertz CT molecular complexity index is 900. The Morgan fingerprint density at radius 2 is 1.85 bits per heavy atom. The van der Waals surface area contributed by atoms with E-state index in [9.17, 15) is 4.79 Å². The Balaban J connectivity index is 1.63. The highest BCUT2D eigenvalue weighted by Crippen LogP contribution is 2.24. The minimum absolute atomic E-state index is 0.0339. The summed E-state index contributed by atoms with van der Waals surface area (Å²) >= 11 is 0. The summed E-state index contributed by atoms with van der Waals surface area (Å²) in [5.74, 6) is 0.614. The van der Waals surface area contributed by atoms with Crippen LogP contribution < -0.4 is 0 Å². The van der Waals surface area contributed by atoms with Crippen LogP contribution >= 0.6 is 0 Å². The topological polar surface area (TPSA) is 38.1 Å². The Labute approximate surface area is 154 Å². The van der Waals surface area contributed by atoms with E-state index in [1.165, 1.54) is 18.4 Å². The van der Waals surface area contributed by atoms with Gasteiger partial charge in [-0.15, -0.1) is 0 Å². The van der Waals surface area contributed by atoms with Crippen molar-refractivity contribution < 1.29 is 4.79 Å². The molecule has 4 heteroatoms. The molecule has 0 amide bonds. The number of aromatic nitrogens is 2. The number of piperidine rings is 1. The van der Waals surface area contributed by atoms with Gasteiger partial charge in [0.25, 0.3) is 0 Å². The third-order valence-corrected chi connectivity index (χ3v) is 5.34. The zero-order chi connectivity index (χ0) is 17.9. The molecule has 2 aromatic carbocycles. The van der Waals surface area contributed by atoms with Crippen molar-refractivity contribution in [2.45, 2.75) is 45.3 Å². The van der Waals surface area contributed by atoms with Crippen LogP contribution in [-0.4, -0.2) is 32.8 Å². The highest BCUT2D eigenvalue weighted by atomic mass is 16.1. The quantitative estimate of drug-likeness (QED) is 0.646. The number of carbonyl (C=O) groups excluding carboxylic acids is 1. The molecule has 4 nitrogen and oxygen atoms in total. The van der Waals surface area contributed by atoms with Gasteiger partial charge in [0.2, 0.25) is 0 Å². The lowest BCUT2D eigenvalue weighted by Gasteiger charge is -2.36. The smallest absolute Gasteiger partial charge is 0.195 e. The number of para-hydroxylation sites is 2. The van der Waals surface area contributed by atoms with Gasteiger partial charge in [0, 0.05) is 26.1 Å². The van der Waals surface area contributed by atoms with Crippen molar-refractivity contribution in [3.05, 3.63) is 66.0 Å². The number of hydrogen-bond donors (Lipinski definition) is 0. The van der Waals surface area contributed by atoms with Gasteiger partial charge in [0.1, 0.15) is 0 Å². The minimum Gasteiger partial charge on any atom is -0.320 e. The van der Waals surface area contributed by atoms with E-state index in [1.54, 1.807) is 6.92 Å². The molecule has 0 spiro atoms. The van der Waals surface area contributed by atoms with E-state index in [0.717, 1.165) is 37.1 Å². The number of rotatable bonds is 5. The lowest BCUT2D eigenvalue weighted by Crippen LogP contribution is -2.41. The molecule has 1 atom stereocenters. The summed E-state index contributed by atoms with van der Waals surface area (Å²) in [6.07, 6.45) is 3.66. The minimum atomic E-state index is 0.0339. The molecule has 1 aromatic heterocycles. The predicted molar refractivity (Wildman–Crippen MR) is 104 cm³/mol. The van der Waals surface area contributed by atoms with Crippen LogP contribution in [0.25, 0.3) is 11.0 Å². The largest absolute Gasteiger partial charge is 0.320 e. The molecule has 0 bridgehead atoms. The fourth-order valence-electron chi connectivity index (χ4n) is 4.03. The van der Waals surface area contributed by atoms with Crippen molar-refractivity contribution >= 4 is 16.8 Å². The second-order valence-electron chi connectivity index (χ2n) is 7.20. The van der Waals surface area contributed by atoms with Crippen LogP contribution in [0, 0.1) is 0 Å². The standard InChI is InChI=1S/C22H25N3O/c1-17(26)22-23-20-12-5-6-13-21(20)25(22)16-19-11-7-8-14-24(19)15-18-9-3-2-4-10-18/h2-6,9-10,12-13,19H,7-8,11,14-16H2,1H3/t19-/m1/s1. The molecule has 0 N–H and O–H groups in total. The van der Waals surface area contributed by atoms with Crippen molar-refractivity contribution in [1.82, 2.24) is 14.5 Å². The maximum Gasteiger partial charge on any atom is 0.195 e. The zero-order valence-electron chi connectivity index (χ0n) is 15.3. The monoisotopic (exact) mass is 347 g/mol. The summed E-state index contributed by atoms with van der Waals surface area (Å²) in [4.78, 5) is 19.3. The molecule has 3 aromatic rings. The summed E-state index contributed by atoms with van der Waals surface area (Å²) in [6.45, 7) is 4.51. The molecule has 1 saturated heterocycles. The number of carbonyl (C=O) groups is 1. The molecule has 2 heterocycles. The SMILES string of the molecule is CC(=O)c1nc2ccccc2n1C[C@H]1CCCCN1Cc1ccccc1. The molecule has 134 valence electrons. The molecular formula is C22H25N3O. The van der Waals surface area contributed by atoms with Gasteiger partial charge >= 0.3 is 0 Å². The number of hydrogen-bond acceptors (Lipinski definition) is 3. The molecular weight excluding hydrogens is 322 g/mol. The van der Waals surface area contributed by atoms with Crippen molar-refractivity contribution in [2.75, 3.05) is 6.54 Å².